The van der Waals surface area contributed by atoms with Crippen molar-refractivity contribution in [3.05, 3.63) is 54.9 Å². The van der Waals surface area contributed by atoms with Crippen molar-refractivity contribution in [2.45, 2.75) is 25.8 Å². The number of ether oxygens (including phenoxy) is 4. The summed E-state index contributed by atoms with van der Waals surface area (Å²) in [5, 5.41) is 6.99. The summed E-state index contributed by atoms with van der Waals surface area (Å²) in [5.74, 6) is 0.0642. The van der Waals surface area contributed by atoms with Crippen LogP contribution in [0.2, 0.25) is 0 Å². The molecule has 0 fully saturated rings. The van der Waals surface area contributed by atoms with Crippen LogP contribution in [-0.2, 0) is 14.2 Å². The molecule has 1 amide bonds. The molecule has 188 valence electrons. The van der Waals surface area contributed by atoms with Gasteiger partial charge in [0.1, 0.15) is 17.7 Å². The van der Waals surface area contributed by atoms with E-state index in [1.165, 1.54) is 35.3 Å². The predicted molar refractivity (Wildman–Crippen MR) is 120 cm³/mol. The van der Waals surface area contributed by atoms with Crippen molar-refractivity contribution >= 4 is 11.8 Å². The van der Waals surface area contributed by atoms with Crippen molar-refractivity contribution in [2.24, 2.45) is 0 Å². The lowest BCUT2D eigenvalue weighted by Crippen LogP contribution is -2.35. The predicted octanol–water partition coefficient (Wildman–Crippen LogP) is 4.82. The quantitative estimate of drug-likeness (QED) is 0.404. The Morgan fingerprint density at radius 3 is 2.34 bits per heavy atom. The molecule has 2 aromatic carbocycles. The Morgan fingerprint density at radius 1 is 1.03 bits per heavy atom. The molecule has 0 saturated carbocycles. The summed E-state index contributed by atoms with van der Waals surface area (Å²) in [7, 11) is 1.57. The van der Waals surface area contributed by atoms with E-state index in [-0.39, 0.29) is 12.4 Å². The number of amides is 1. The Bertz CT molecular complexity index is 1100. The fourth-order valence-electron chi connectivity index (χ4n) is 2.91. The van der Waals surface area contributed by atoms with Crippen molar-refractivity contribution < 1.29 is 36.9 Å². The number of halogens is 3. The summed E-state index contributed by atoms with van der Waals surface area (Å²) in [5.41, 5.74) is 0.861. The first-order valence-electron chi connectivity index (χ1n) is 10.5. The first-order valence-corrected chi connectivity index (χ1v) is 10.5. The molecule has 0 aliphatic carbocycles. The molecule has 3 aromatic rings. The minimum Gasteiger partial charge on any atom is -0.441 e. The summed E-state index contributed by atoms with van der Waals surface area (Å²) in [6, 6.07) is 12.0. The molecule has 0 aliphatic heterocycles. The maximum absolute atomic E-state index is 12.3. The third kappa shape index (κ3) is 8.26. The largest absolute Gasteiger partial charge is 0.573 e. The highest BCUT2D eigenvalue weighted by atomic mass is 19.4. The number of hydrogen-bond donors (Lipinski definition) is 1. The van der Waals surface area contributed by atoms with Crippen molar-refractivity contribution in [1.82, 2.24) is 14.8 Å². The molecular formula is C23H25F3N4O5. The van der Waals surface area contributed by atoms with Gasteiger partial charge >= 0.3 is 12.5 Å². The zero-order valence-electron chi connectivity index (χ0n) is 19.3. The van der Waals surface area contributed by atoms with Crippen LogP contribution in [0.15, 0.2) is 54.9 Å². The van der Waals surface area contributed by atoms with Gasteiger partial charge in [0.05, 0.1) is 25.5 Å². The van der Waals surface area contributed by atoms with Gasteiger partial charge in [-0.3, -0.25) is 5.32 Å². The molecule has 9 nitrogen and oxygen atoms in total. The van der Waals surface area contributed by atoms with E-state index in [4.69, 9.17) is 14.2 Å². The zero-order valence-corrected chi connectivity index (χ0v) is 19.3. The summed E-state index contributed by atoms with van der Waals surface area (Å²) >= 11 is 0. The van der Waals surface area contributed by atoms with Crippen LogP contribution < -0.4 is 10.1 Å². The summed E-state index contributed by atoms with van der Waals surface area (Å²) in [6.07, 6.45) is -3.94. The van der Waals surface area contributed by atoms with E-state index in [1.54, 1.807) is 45.2 Å². The van der Waals surface area contributed by atoms with Crippen LogP contribution in [0, 0.1) is 0 Å². The van der Waals surface area contributed by atoms with Crippen LogP contribution in [-0.4, -0.2) is 59.8 Å². The highest BCUT2D eigenvalue weighted by molar-refractivity contribution is 5.85. The molecular weight excluding hydrogens is 469 g/mol. The molecule has 3 rings (SSSR count). The van der Waals surface area contributed by atoms with Gasteiger partial charge in [0.15, 0.2) is 5.82 Å². The maximum Gasteiger partial charge on any atom is 0.573 e. The smallest absolute Gasteiger partial charge is 0.441 e. The number of alkyl halides is 3. The van der Waals surface area contributed by atoms with Gasteiger partial charge < -0.3 is 18.9 Å². The Labute approximate surface area is 199 Å². The van der Waals surface area contributed by atoms with E-state index in [2.05, 4.69) is 20.1 Å². The lowest BCUT2D eigenvalue weighted by Gasteiger charge is -2.25. The molecule has 0 spiro atoms. The molecule has 0 aliphatic rings. The second kappa shape index (κ2) is 11.2. The van der Waals surface area contributed by atoms with Crippen LogP contribution in [0.1, 0.15) is 13.8 Å². The van der Waals surface area contributed by atoms with Crippen LogP contribution in [0.3, 0.4) is 0 Å². The maximum atomic E-state index is 12.3. The van der Waals surface area contributed by atoms with Gasteiger partial charge in [-0.25, -0.2) is 14.5 Å². The highest BCUT2D eigenvalue weighted by Gasteiger charge is 2.31. The highest BCUT2D eigenvalue weighted by Crippen LogP contribution is 2.24. The number of carbonyl (C=O) groups excluding carboxylic acids is 1. The lowest BCUT2D eigenvalue weighted by molar-refractivity contribution is -0.274. The molecule has 1 N–H and O–H groups in total. The van der Waals surface area contributed by atoms with Crippen LogP contribution in [0.5, 0.6) is 5.75 Å². The number of rotatable bonds is 10. The van der Waals surface area contributed by atoms with Gasteiger partial charge in [-0.2, -0.15) is 0 Å². The van der Waals surface area contributed by atoms with Gasteiger partial charge in [0.2, 0.25) is 0 Å². The standard InChI is InChI=1S/C23H25F3N4O5/c1-22(2,14-33-13-12-32-3)35-21(31)28-17-6-4-16(5-7-17)20-27-15-30(29-20)18-8-10-19(11-9-18)34-23(24,25)26/h4-11,15H,12-14H2,1-3H3,(H,28,31). The van der Waals surface area contributed by atoms with E-state index < -0.39 is 18.1 Å². The second-order valence-electron chi connectivity index (χ2n) is 7.95. The first kappa shape index (κ1) is 26.0. The molecule has 0 atom stereocenters. The Hall–Kier alpha value is -3.64. The summed E-state index contributed by atoms with van der Waals surface area (Å²) in [6.45, 7) is 4.54. The molecule has 1 aromatic heterocycles. The number of aromatic nitrogens is 3. The van der Waals surface area contributed by atoms with E-state index in [0.29, 0.717) is 36.0 Å². The van der Waals surface area contributed by atoms with Gasteiger partial charge in [-0.05, 0) is 62.4 Å². The van der Waals surface area contributed by atoms with Crippen molar-refractivity contribution in [3.8, 4) is 22.8 Å². The molecule has 0 saturated heterocycles. The van der Waals surface area contributed by atoms with Gasteiger partial charge in [-0.1, -0.05) is 0 Å². The number of nitrogens with one attached hydrogen (secondary N) is 1. The number of carbonyl (C=O) groups is 1. The van der Waals surface area contributed by atoms with E-state index in [9.17, 15) is 18.0 Å². The molecule has 0 unspecified atom stereocenters. The van der Waals surface area contributed by atoms with Crippen LogP contribution >= 0.6 is 0 Å². The fraction of sp³-hybridized carbons (Fsp3) is 0.348. The fourth-order valence-corrected chi connectivity index (χ4v) is 2.91. The Kier molecular flexibility index (Phi) is 8.30. The Balaban J connectivity index is 1.57. The van der Waals surface area contributed by atoms with E-state index >= 15 is 0 Å². The number of hydrogen-bond acceptors (Lipinski definition) is 7. The first-order chi connectivity index (χ1) is 16.5. The molecule has 0 bridgehead atoms. The number of methoxy groups -OCH3 is 1. The topological polar surface area (TPSA) is 96.7 Å². The monoisotopic (exact) mass is 494 g/mol. The van der Waals surface area contributed by atoms with Crippen molar-refractivity contribution in [2.75, 3.05) is 32.2 Å². The van der Waals surface area contributed by atoms with Gasteiger partial charge in [0, 0.05) is 18.4 Å². The molecule has 1 heterocycles. The normalized spacial score (nSPS) is 11.8. The van der Waals surface area contributed by atoms with Crippen molar-refractivity contribution in [3.63, 3.8) is 0 Å². The van der Waals surface area contributed by atoms with Gasteiger partial charge in [-0.15, -0.1) is 18.3 Å². The van der Waals surface area contributed by atoms with Crippen LogP contribution in [0.4, 0.5) is 23.7 Å². The molecule has 12 heteroatoms. The Morgan fingerprint density at radius 2 is 1.71 bits per heavy atom. The number of anilines is 1. The van der Waals surface area contributed by atoms with Crippen LogP contribution in [0.25, 0.3) is 17.1 Å². The average molecular weight is 494 g/mol. The van der Waals surface area contributed by atoms with Crippen molar-refractivity contribution in [1.29, 1.82) is 0 Å². The third-order valence-corrected chi connectivity index (χ3v) is 4.47. The van der Waals surface area contributed by atoms with E-state index in [1.807, 2.05) is 0 Å². The van der Waals surface area contributed by atoms with E-state index in [0.717, 1.165) is 0 Å². The SMILES string of the molecule is COCCOCC(C)(C)OC(=O)Nc1ccc(-c2ncn(-c3ccc(OC(F)(F)F)cc3)n2)cc1. The lowest BCUT2D eigenvalue weighted by atomic mass is 10.1. The summed E-state index contributed by atoms with van der Waals surface area (Å²) in [4.78, 5) is 16.5. The molecule has 0 radical (unpaired) electrons. The second-order valence-corrected chi connectivity index (χ2v) is 7.95. The molecule has 35 heavy (non-hydrogen) atoms. The average Bonchev–Trinajstić information content (AvgIpc) is 3.26. The minimum absolute atomic E-state index is 0.217. The van der Waals surface area contributed by atoms with Gasteiger partial charge in [0.25, 0.3) is 0 Å². The summed E-state index contributed by atoms with van der Waals surface area (Å²) < 4.78 is 57.9. The number of nitrogens with zero attached hydrogens (tertiary/aromatic N) is 3. The zero-order chi connectivity index (χ0) is 25.5. The number of benzene rings is 2. The third-order valence-electron chi connectivity index (χ3n) is 4.47. The minimum atomic E-state index is -4.76.